The van der Waals surface area contributed by atoms with Crippen molar-refractivity contribution in [3.63, 3.8) is 0 Å². The van der Waals surface area contributed by atoms with Gasteiger partial charge >= 0.3 is 11.9 Å². The van der Waals surface area contributed by atoms with Crippen LogP contribution in [0.25, 0.3) is 0 Å². The van der Waals surface area contributed by atoms with Crippen molar-refractivity contribution in [3.8, 4) is 0 Å². The number of rotatable bonds is 2. The monoisotopic (exact) mass is 212 g/mol. The lowest BCUT2D eigenvalue weighted by Gasteiger charge is -2.25. The summed E-state index contributed by atoms with van der Waals surface area (Å²) in [4.78, 5) is 21.9. The quantitative estimate of drug-likeness (QED) is 0.483. The molecule has 5 nitrogen and oxygen atoms in total. The van der Waals surface area contributed by atoms with Gasteiger partial charge < -0.3 is 14.2 Å². The highest BCUT2D eigenvalue weighted by Crippen LogP contribution is 2.31. The second-order valence-corrected chi connectivity index (χ2v) is 3.64. The summed E-state index contributed by atoms with van der Waals surface area (Å²) >= 11 is 0. The van der Waals surface area contributed by atoms with Crippen LogP contribution in [-0.2, 0) is 23.8 Å². The molecule has 0 N–H and O–H groups in total. The molecule has 0 aliphatic carbocycles. The van der Waals surface area contributed by atoms with Crippen LogP contribution >= 0.6 is 0 Å². The molecule has 0 saturated carbocycles. The maximum Gasteiger partial charge on any atom is 0.331 e. The summed E-state index contributed by atoms with van der Waals surface area (Å²) < 4.78 is 15.3. The van der Waals surface area contributed by atoms with E-state index in [1.165, 1.54) is 19.1 Å². The van der Waals surface area contributed by atoms with Crippen molar-refractivity contribution in [1.29, 1.82) is 0 Å². The lowest BCUT2D eigenvalue weighted by molar-refractivity contribution is -0.163. The second-order valence-electron chi connectivity index (χ2n) is 3.64. The highest BCUT2D eigenvalue weighted by Gasteiger charge is 2.49. The van der Waals surface area contributed by atoms with E-state index in [1.807, 2.05) is 6.92 Å². The summed E-state index contributed by atoms with van der Waals surface area (Å²) in [5.41, 5.74) is 0. The fraction of sp³-hybridized carbons (Fsp3) is 0.600. The van der Waals surface area contributed by atoms with Crippen molar-refractivity contribution in [3.05, 3.63) is 12.2 Å². The van der Waals surface area contributed by atoms with E-state index in [9.17, 15) is 9.59 Å². The highest BCUT2D eigenvalue weighted by atomic mass is 16.6. The standard InChI is InChI=1S/C10H12O5/c1-5-9(13-5)10-7(14-6(2)11)3-4-8(12)15-10/h3-5,7,9-10H,1-2H3/t5-,7-,9-,10+/m0/s1. The Balaban J connectivity index is 2.07. The molecule has 0 amide bonds. The Hall–Kier alpha value is -1.36. The van der Waals surface area contributed by atoms with E-state index in [4.69, 9.17) is 14.2 Å². The largest absolute Gasteiger partial charge is 0.454 e. The van der Waals surface area contributed by atoms with E-state index < -0.39 is 24.1 Å². The Morgan fingerprint density at radius 2 is 2.13 bits per heavy atom. The van der Waals surface area contributed by atoms with Crippen molar-refractivity contribution in [2.45, 2.75) is 38.3 Å². The van der Waals surface area contributed by atoms with E-state index in [0.29, 0.717) is 0 Å². The van der Waals surface area contributed by atoms with Gasteiger partial charge in [0, 0.05) is 13.0 Å². The minimum atomic E-state index is -0.532. The van der Waals surface area contributed by atoms with E-state index in [0.717, 1.165) is 0 Å². The number of epoxide rings is 1. The van der Waals surface area contributed by atoms with Gasteiger partial charge in [-0.25, -0.2) is 4.79 Å². The van der Waals surface area contributed by atoms with E-state index in [-0.39, 0.29) is 12.2 Å². The van der Waals surface area contributed by atoms with Gasteiger partial charge in [0.25, 0.3) is 0 Å². The SMILES string of the molecule is CC(=O)O[C@H]1C=CC(=O)O[C@H]1[C@H]1O[C@H]1C. The van der Waals surface area contributed by atoms with Crippen LogP contribution in [0.5, 0.6) is 0 Å². The fourth-order valence-corrected chi connectivity index (χ4v) is 1.62. The van der Waals surface area contributed by atoms with Crippen LogP contribution in [0.4, 0.5) is 0 Å². The molecule has 2 rings (SSSR count). The zero-order valence-corrected chi connectivity index (χ0v) is 8.51. The van der Waals surface area contributed by atoms with Crippen LogP contribution in [0.3, 0.4) is 0 Å². The summed E-state index contributed by atoms with van der Waals surface area (Å²) in [7, 11) is 0. The molecule has 0 spiro atoms. The van der Waals surface area contributed by atoms with Gasteiger partial charge in [-0.05, 0) is 13.0 Å². The Kier molecular flexibility index (Phi) is 2.48. The minimum absolute atomic E-state index is 0.0485. The predicted molar refractivity (Wildman–Crippen MR) is 48.9 cm³/mol. The molecule has 0 aromatic carbocycles. The summed E-state index contributed by atoms with van der Waals surface area (Å²) in [6.45, 7) is 3.19. The topological polar surface area (TPSA) is 65.1 Å². The van der Waals surface area contributed by atoms with Gasteiger partial charge in [0.05, 0.1) is 6.10 Å². The smallest absolute Gasteiger partial charge is 0.331 e. The predicted octanol–water partition coefficient (Wildman–Crippen LogP) is 0.187. The van der Waals surface area contributed by atoms with Gasteiger partial charge in [-0.2, -0.15) is 0 Å². The summed E-state index contributed by atoms with van der Waals surface area (Å²) in [5.74, 6) is -0.827. The van der Waals surface area contributed by atoms with Crippen LogP contribution in [0.15, 0.2) is 12.2 Å². The van der Waals surface area contributed by atoms with Crippen molar-refractivity contribution >= 4 is 11.9 Å². The number of carbonyl (C=O) groups excluding carboxylic acids is 2. The molecular weight excluding hydrogens is 200 g/mol. The third-order valence-corrected chi connectivity index (χ3v) is 2.38. The molecule has 1 fully saturated rings. The maximum absolute atomic E-state index is 11.0. The number of hydrogen-bond donors (Lipinski definition) is 0. The molecular formula is C10H12O5. The molecule has 1 saturated heterocycles. The number of cyclic esters (lactones) is 1. The molecule has 15 heavy (non-hydrogen) atoms. The van der Waals surface area contributed by atoms with Crippen molar-refractivity contribution in [2.24, 2.45) is 0 Å². The van der Waals surface area contributed by atoms with Crippen LogP contribution in [0, 0.1) is 0 Å². The molecule has 5 heteroatoms. The zero-order valence-electron chi connectivity index (χ0n) is 8.51. The molecule has 0 bridgehead atoms. The van der Waals surface area contributed by atoms with Gasteiger partial charge in [-0.3, -0.25) is 4.79 Å². The normalized spacial score (nSPS) is 38.4. The average molecular weight is 212 g/mol. The van der Waals surface area contributed by atoms with E-state index in [2.05, 4.69) is 0 Å². The molecule has 82 valence electrons. The number of esters is 2. The summed E-state index contributed by atoms with van der Waals surface area (Å²) in [6, 6.07) is 0. The average Bonchev–Trinajstić information content (AvgIpc) is 2.85. The van der Waals surface area contributed by atoms with Gasteiger partial charge in [0.15, 0.2) is 12.2 Å². The first-order chi connectivity index (χ1) is 7.08. The van der Waals surface area contributed by atoms with Crippen molar-refractivity contribution in [2.75, 3.05) is 0 Å². The highest BCUT2D eigenvalue weighted by molar-refractivity contribution is 5.83. The van der Waals surface area contributed by atoms with Crippen LogP contribution in [0.1, 0.15) is 13.8 Å². The fourth-order valence-electron chi connectivity index (χ4n) is 1.62. The van der Waals surface area contributed by atoms with E-state index >= 15 is 0 Å². The molecule has 0 aromatic heterocycles. The molecule has 0 radical (unpaired) electrons. The summed E-state index contributed by atoms with van der Waals surface area (Å²) in [5, 5.41) is 0. The Labute approximate surface area is 87.0 Å². The van der Waals surface area contributed by atoms with Crippen molar-refractivity contribution in [1.82, 2.24) is 0 Å². The lowest BCUT2D eigenvalue weighted by Crippen LogP contribution is -2.40. The molecule has 2 heterocycles. The Bertz CT molecular complexity index is 322. The number of ether oxygens (including phenoxy) is 3. The first-order valence-electron chi connectivity index (χ1n) is 4.79. The van der Waals surface area contributed by atoms with E-state index in [1.54, 1.807) is 0 Å². The molecule has 0 unspecified atom stereocenters. The first-order valence-corrected chi connectivity index (χ1v) is 4.79. The Morgan fingerprint density at radius 3 is 2.67 bits per heavy atom. The van der Waals surface area contributed by atoms with Crippen LogP contribution < -0.4 is 0 Å². The number of hydrogen-bond acceptors (Lipinski definition) is 5. The Morgan fingerprint density at radius 1 is 1.47 bits per heavy atom. The first kappa shape index (κ1) is 10.2. The zero-order chi connectivity index (χ0) is 11.0. The third kappa shape index (κ3) is 2.18. The van der Waals surface area contributed by atoms with Gasteiger partial charge in [-0.15, -0.1) is 0 Å². The van der Waals surface area contributed by atoms with Crippen molar-refractivity contribution < 1.29 is 23.8 Å². The molecule has 2 aliphatic heterocycles. The molecule has 4 atom stereocenters. The van der Waals surface area contributed by atoms with Gasteiger partial charge in [0.1, 0.15) is 6.10 Å². The van der Waals surface area contributed by atoms with Crippen LogP contribution in [-0.4, -0.2) is 36.4 Å². The maximum atomic E-state index is 11.0. The van der Waals surface area contributed by atoms with Gasteiger partial charge in [-0.1, -0.05) is 0 Å². The minimum Gasteiger partial charge on any atom is -0.454 e. The van der Waals surface area contributed by atoms with Gasteiger partial charge in [0.2, 0.25) is 0 Å². The molecule has 0 aromatic rings. The lowest BCUT2D eigenvalue weighted by atomic mass is 10.1. The molecule has 2 aliphatic rings. The van der Waals surface area contributed by atoms with Crippen LogP contribution in [0.2, 0.25) is 0 Å². The second kappa shape index (κ2) is 3.66. The summed E-state index contributed by atoms with van der Waals surface area (Å²) in [6.07, 6.45) is 1.64. The third-order valence-electron chi connectivity index (χ3n) is 2.38. The number of carbonyl (C=O) groups is 2.